The van der Waals surface area contributed by atoms with Crippen LogP contribution in [0.4, 0.5) is 4.39 Å². The molecule has 0 aliphatic carbocycles. The van der Waals surface area contributed by atoms with E-state index < -0.39 is 6.04 Å². The van der Waals surface area contributed by atoms with Gasteiger partial charge in [0.25, 0.3) is 0 Å². The molecule has 3 aromatic rings. The fraction of sp³-hybridized carbons (Fsp3) is 0.421. The summed E-state index contributed by atoms with van der Waals surface area (Å²) in [6.45, 7) is 3.10. The first-order valence-electron chi connectivity index (χ1n) is 9.21. The number of rotatable bonds is 4. The highest BCUT2D eigenvalue weighted by atomic mass is 32.1. The van der Waals surface area contributed by atoms with Gasteiger partial charge in [-0.3, -0.25) is 4.79 Å². The van der Waals surface area contributed by atoms with E-state index in [0.29, 0.717) is 47.2 Å². The predicted molar refractivity (Wildman–Crippen MR) is 101 cm³/mol. The maximum atomic E-state index is 14.7. The highest BCUT2D eigenvalue weighted by Gasteiger charge is 2.38. The molecule has 0 bridgehead atoms. The van der Waals surface area contributed by atoms with Crippen molar-refractivity contribution >= 4 is 22.3 Å². The number of thiazole rings is 1. The Hall–Kier alpha value is -2.52. The van der Waals surface area contributed by atoms with Crippen LogP contribution in [0.5, 0.6) is 5.88 Å². The molecule has 2 N–H and O–H groups in total. The number of methoxy groups -OCH3 is 1. The number of hydrogen-bond donors (Lipinski definition) is 2. The first-order chi connectivity index (χ1) is 13.5. The lowest BCUT2D eigenvalue weighted by molar-refractivity contribution is -0.930. The van der Waals surface area contributed by atoms with Crippen molar-refractivity contribution in [3.63, 3.8) is 0 Å². The maximum Gasteiger partial charge on any atom is 0.309 e. The molecule has 1 atom stereocenters. The number of esters is 1. The summed E-state index contributed by atoms with van der Waals surface area (Å²) >= 11 is 1.32. The topological polar surface area (TPSA) is 81.2 Å². The summed E-state index contributed by atoms with van der Waals surface area (Å²) in [5.41, 5.74) is 0.519. The van der Waals surface area contributed by atoms with Crippen LogP contribution in [-0.4, -0.2) is 45.9 Å². The van der Waals surface area contributed by atoms with Gasteiger partial charge >= 0.3 is 5.97 Å². The molecule has 2 aromatic heterocycles. The van der Waals surface area contributed by atoms with E-state index in [9.17, 15) is 14.3 Å². The Kier molecular flexibility index (Phi) is 5.03. The van der Waals surface area contributed by atoms with Crippen molar-refractivity contribution in [2.45, 2.75) is 25.8 Å². The van der Waals surface area contributed by atoms with Crippen molar-refractivity contribution in [3.05, 3.63) is 46.3 Å². The van der Waals surface area contributed by atoms with Crippen LogP contribution >= 0.6 is 11.3 Å². The van der Waals surface area contributed by atoms with Gasteiger partial charge in [0, 0.05) is 12.8 Å². The Morgan fingerprint density at radius 2 is 2.11 bits per heavy atom. The zero-order valence-electron chi connectivity index (χ0n) is 15.7. The smallest absolute Gasteiger partial charge is 0.309 e. The van der Waals surface area contributed by atoms with Crippen LogP contribution in [0.25, 0.3) is 4.96 Å². The number of benzene rings is 1. The van der Waals surface area contributed by atoms with Crippen LogP contribution in [-0.2, 0) is 9.53 Å². The van der Waals surface area contributed by atoms with Crippen LogP contribution < -0.4 is 4.90 Å². The number of aromatic hydroxyl groups is 1. The minimum absolute atomic E-state index is 0.00329. The van der Waals surface area contributed by atoms with Gasteiger partial charge in [0.2, 0.25) is 10.8 Å². The first-order valence-corrected chi connectivity index (χ1v) is 10.0. The van der Waals surface area contributed by atoms with Gasteiger partial charge in [-0.2, -0.15) is 4.52 Å². The van der Waals surface area contributed by atoms with Gasteiger partial charge in [-0.05, 0) is 19.1 Å². The molecule has 148 valence electrons. The number of nitrogens with one attached hydrogen (secondary N) is 1. The molecule has 1 aliphatic heterocycles. The van der Waals surface area contributed by atoms with E-state index in [4.69, 9.17) is 4.74 Å². The molecule has 9 heteroatoms. The Labute approximate surface area is 165 Å². The molecule has 1 fully saturated rings. The third-order valence-corrected chi connectivity index (χ3v) is 6.44. The fourth-order valence-corrected chi connectivity index (χ4v) is 5.15. The number of nitrogens with zero attached hydrogens (tertiary/aromatic N) is 3. The monoisotopic (exact) mass is 405 g/mol. The number of quaternary nitrogens is 1. The zero-order chi connectivity index (χ0) is 19.8. The number of aryl methyl sites for hydroxylation is 1. The zero-order valence-corrected chi connectivity index (χ0v) is 16.5. The molecule has 0 amide bonds. The second-order valence-corrected chi connectivity index (χ2v) is 8.06. The molecule has 0 spiro atoms. The minimum Gasteiger partial charge on any atom is -0.492 e. The SMILES string of the molecule is COC(=O)C1CC[NH+]([C@@H](c2ccccc2F)c2sc3nc(C)nn3c2O)CC1. The van der Waals surface area contributed by atoms with Crippen LogP contribution in [0.2, 0.25) is 0 Å². The number of hydrogen-bond acceptors (Lipinski definition) is 6. The lowest BCUT2D eigenvalue weighted by Gasteiger charge is -2.33. The quantitative estimate of drug-likeness (QED) is 0.643. The highest BCUT2D eigenvalue weighted by molar-refractivity contribution is 7.17. The van der Waals surface area contributed by atoms with E-state index in [2.05, 4.69) is 10.1 Å². The molecule has 3 heterocycles. The second kappa shape index (κ2) is 7.48. The summed E-state index contributed by atoms with van der Waals surface area (Å²) in [6.07, 6.45) is 1.32. The van der Waals surface area contributed by atoms with Gasteiger partial charge in [0.05, 0.1) is 31.7 Å². The molecule has 7 nitrogen and oxygen atoms in total. The first kappa shape index (κ1) is 18.8. The lowest BCUT2D eigenvalue weighted by atomic mass is 9.93. The Morgan fingerprint density at radius 3 is 2.75 bits per heavy atom. The van der Waals surface area contributed by atoms with Gasteiger partial charge in [0.15, 0.2) is 6.04 Å². The van der Waals surface area contributed by atoms with Crippen molar-refractivity contribution in [2.75, 3.05) is 20.2 Å². The van der Waals surface area contributed by atoms with Crippen molar-refractivity contribution in [1.82, 2.24) is 14.6 Å². The predicted octanol–water partition coefficient (Wildman–Crippen LogP) is 1.50. The van der Waals surface area contributed by atoms with E-state index in [1.165, 1.54) is 29.0 Å². The standard InChI is InChI=1S/C19H21FN4O3S/c1-11-21-19-24(22-11)17(25)16(28-19)15(13-5-3-4-6-14(13)20)23-9-7-12(8-10-23)18(26)27-2/h3-6,12,15,25H,7-10H2,1-2H3/p+1/t15-/m0/s1. The Morgan fingerprint density at radius 1 is 1.39 bits per heavy atom. The number of ether oxygens (including phenoxy) is 1. The number of halogens is 1. The van der Waals surface area contributed by atoms with Crippen LogP contribution in [0, 0.1) is 18.7 Å². The molecule has 0 saturated carbocycles. The molecule has 0 unspecified atom stereocenters. The number of carbonyl (C=O) groups excluding carboxylic acids is 1. The maximum absolute atomic E-state index is 14.7. The minimum atomic E-state index is -0.395. The summed E-state index contributed by atoms with van der Waals surface area (Å²) in [5.74, 6) is -0.0740. The van der Waals surface area contributed by atoms with E-state index >= 15 is 0 Å². The summed E-state index contributed by atoms with van der Waals surface area (Å²) in [5, 5.41) is 15.0. The number of aromatic nitrogens is 3. The van der Waals surface area contributed by atoms with E-state index in [1.807, 2.05) is 0 Å². The van der Waals surface area contributed by atoms with Gasteiger partial charge < -0.3 is 14.7 Å². The summed E-state index contributed by atoms with van der Waals surface area (Å²) in [6, 6.07) is 6.24. The van der Waals surface area contributed by atoms with Crippen molar-refractivity contribution in [3.8, 4) is 5.88 Å². The molecular formula is C19H22FN4O3S+. The van der Waals surface area contributed by atoms with Crippen LogP contribution in [0.3, 0.4) is 0 Å². The normalized spacial score (nSPS) is 21.0. The summed E-state index contributed by atoms with van der Waals surface area (Å²) in [4.78, 5) is 18.5. The average Bonchev–Trinajstić information content (AvgIpc) is 3.21. The number of likely N-dealkylation sites (tertiary alicyclic amines) is 1. The Bertz CT molecular complexity index is 1010. The van der Waals surface area contributed by atoms with Gasteiger partial charge in [-0.1, -0.05) is 23.5 Å². The molecule has 0 radical (unpaired) electrons. The average molecular weight is 405 g/mol. The molecule has 1 aromatic carbocycles. The van der Waals surface area contributed by atoms with E-state index in [0.717, 1.165) is 4.90 Å². The largest absolute Gasteiger partial charge is 0.492 e. The molecule has 1 saturated heterocycles. The number of fused-ring (bicyclic) bond motifs is 1. The van der Waals surface area contributed by atoms with E-state index in [1.54, 1.807) is 25.1 Å². The molecule has 1 aliphatic rings. The van der Waals surface area contributed by atoms with Gasteiger partial charge in [-0.15, -0.1) is 5.10 Å². The summed E-state index contributed by atoms with van der Waals surface area (Å²) < 4.78 is 21.0. The van der Waals surface area contributed by atoms with Crippen molar-refractivity contribution in [1.29, 1.82) is 0 Å². The second-order valence-electron chi connectivity index (χ2n) is 7.05. The van der Waals surface area contributed by atoms with Crippen molar-refractivity contribution in [2.24, 2.45) is 5.92 Å². The van der Waals surface area contributed by atoms with E-state index in [-0.39, 0.29) is 23.6 Å². The third kappa shape index (κ3) is 3.24. The lowest BCUT2D eigenvalue weighted by Crippen LogP contribution is -3.13. The fourth-order valence-electron chi connectivity index (χ4n) is 3.97. The summed E-state index contributed by atoms with van der Waals surface area (Å²) in [7, 11) is 1.40. The van der Waals surface area contributed by atoms with Gasteiger partial charge in [0.1, 0.15) is 16.5 Å². The number of piperidine rings is 1. The van der Waals surface area contributed by atoms with Crippen LogP contribution in [0.1, 0.15) is 35.1 Å². The highest BCUT2D eigenvalue weighted by Crippen LogP contribution is 2.36. The molecule has 4 rings (SSSR count). The third-order valence-electron chi connectivity index (χ3n) is 5.35. The van der Waals surface area contributed by atoms with Crippen LogP contribution in [0.15, 0.2) is 24.3 Å². The van der Waals surface area contributed by atoms with Gasteiger partial charge in [-0.25, -0.2) is 9.37 Å². The van der Waals surface area contributed by atoms with Crippen molar-refractivity contribution < 1.29 is 23.9 Å². The molecule has 28 heavy (non-hydrogen) atoms. The number of carbonyl (C=O) groups is 1. The molecular weight excluding hydrogens is 383 g/mol. The Balaban J connectivity index is 1.73.